The summed E-state index contributed by atoms with van der Waals surface area (Å²) >= 11 is 13.6. The number of hydrogen-bond acceptors (Lipinski definition) is 6. The average molecular weight is 695 g/mol. The van der Waals surface area contributed by atoms with Crippen LogP contribution in [0.25, 0.3) is 6.08 Å². The van der Waals surface area contributed by atoms with E-state index in [4.69, 9.17) is 21.1 Å². The highest BCUT2D eigenvalue weighted by Gasteiger charge is 2.45. The van der Waals surface area contributed by atoms with E-state index in [0.29, 0.717) is 31.9 Å². The molecule has 1 aliphatic heterocycles. The fraction of sp³-hybridized carbons (Fsp3) is 0.240. The topological polar surface area (TPSA) is 69.9 Å². The van der Waals surface area contributed by atoms with Gasteiger partial charge in [-0.15, -0.1) is 0 Å². The number of carbonyl (C=O) groups is 1. The monoisotopic (exact) mass is 692 g/mol. The van der Waals surface area contributed by atoms with E-state index in [9.17, 15) is 22.8 Å². The van der Waals surface area contributed by atoms with E-state index in [2.05, 4.69) is 36.9 Å². The number of ether oxygens (including phenoxy) is 2. The summed E-state index contributed by atoms with van der Waals surface area (Å²) in [5.74, 6) is -0.758. The number of halogens is 6. The van der Waals surface area contributed by atoms with Crippen molar-refractivity contribution in [1.82, 2.24) is 4.57 Å². The lowest BCUT2D eigenvalue weighted by molar-refractivity contribution is -0.140. The number of fused-ring (bicyclic) bond motifs is 1. The second-order valence-corrected chi connectivity index (χ2v) is 11.1. The Morgan fingerprint density at radius 3 is 2.47 bits per heavy atom. The van der Waals surface area contributed by atoms with Crippen LogP contribution >= 0.6 is 54.8 Å². The molecule has 2 heterocycles. The van der Waals surface area contributed by atoms with E-state index in [-0.39, 0.29) is 21.5 Å². The predicted molar refractivity (Wildman–Crippen MR) is 145 cm³/mol. The number of alkyl halides is 3. The summed E-state index contributed by atoms with van der Waals surface area (Å²) in [5.41, 5.74) is -2.07. The lowest BCUT2D eigenvalue weighted by Gasteiger charge is -2.26. The number of nitrogens with zero attached hydrogens (tertiary/aromatic N) is 2. The van der Waals surface area contributed by atoms with Gasteiger partial charge in [-0.25, -0.2) is 9.79 Å². The Morgan fingerprint density at radius 1 is 1.18 bits per heavy atom. The van der Waals surface area contributed by atoms with Gasteiger partial charge in [0.15, 0.2) is 10.5 Å². The summed E-state index contributed by atoms with van der Waals surface area (Å²) < 4.78 is 55.8. The van der Waals surface area contributed by atoms with E-state index < -0.39 is 35.0 Å². The van der Waals surface area contributed by atoms with Crippen molar-refractivity contribution in [2.75, 3.05) is 13.2 Å². The fourth-order valence-corrected chi connectivity index (χ4v) is 6.42. The molecule has 0 saturated carbocycles. The van der Waals surface area contributed by atoms with Gasteiger partial charge in [-0.2, -0.15) is 13.2 Å². The van der Waals surface area contributed by atoms with Gasteiger partial charge in [-0.05, 0) is 65.7 Å². The first-order valence-corrected chi connectivity index (χ1v) is 13.9. The van der Waals surface area contributed by atoms with Crippen molar-refractivity contribution < 1.29 is 27.4 Å². The van der Waals surface area contributed by atoms with Crippen LogP contribution in [-0.4, -0.2) is 29.9 Å². The predicted octanol–water partition coefficient (Wildman–Crippen LogP) is 5.92. The molecule has 1 atom stereocenters. The largest absolute Gasteiger partial charge is 0.492 e. The summed E-state index contributed by atoms with van der Waals surface area (Å²) in [7, 11) is 0. The SMILES string of the molecule is CCOC(=O)C1=C(C(F)(F)F)N=c2s/c(=C\c3cc(Br)cc(Br)c3OCC)c(=O)n2[C@@H]1c1ccc(Cl)cc1. The summed E-state index contributed by atoms with van der Waals surface area (Å²) in [6.07, 6.45) is -3.47. The van der Waals surface area contributed by atoms with Crippen LogP contribution in [-0.2, 0) is 9.53 Å². The maximum Gasteiger partial charge on any atom is 0.434 e. The van der Waals surface area contributed by atoms with Crippen molar-refractivity contribution in [1.29, 1.82) is 0 Å². The lowest BCUT2D eigenvalue weighted by Crippen LogP contribution is -2.41. The molecule has 1 aliphatic rings. The Bertz CT molecular complexity index is 1620. The van der Waals surface area contributed by atoms with Gasteiger partial charge in [-0.3, -0.25) is 9.36 Å². The van der Waals surface area contributed by atoms with Crippen LogP contribution in [0.15, 0.2) is 66.4 Å². The number of rotatable bonds is 6. The Balaban J connectivity index is 2.06. The number of esters is 1. The molecule has 0 radical (unpaired) electrons. The van der Waals surface area contributed by atoms with Gasteiger partial charge in [-0.1, -0.05) is 51.0 Å². The van der Waals surface area contributed by atoms with Crippen molar-refractivity contribution in [2.24, 2.45) is 4.99 Å². The minimum atomic E-state index is -4.99. The molecular formula is C25H18Br2ClF3N2O4S. The molecule has 0 amide bonds. The third kappa shape index (κ3) is 5.63. The number of hydrogen-bond donors (Lipinski definition) is 0. The van der Waals surface area contributed by atoms with Crippen molar-refractivity contribution in [2.45, 2.75) is 26.1 Å². The fourth-order valence-electron chi connectivity index (χ4n) is 3.93. The third-order valence-electron chi connectivity index (χ3n) is 5.39. The van der Waals surface area contributed by atoms with Crippen molar-refractivity contribution in [3.05, 3.63) is 92.5 Å². The van der Waals surface area contributed by atoms with Gasteiger partial charge in [0, 0.05) is 15.1 Å². The molecule has 0 N–H and O–H groups in total. The molecule has 0 saturated heterocycles. The van der Waals surface area contributed by atoms with Crippen LogP contribution in [0.3, 0.4) is 0 Å². The van der Waals surface area contributed by atoms with Gasteiger partial charge in [0.05, 0.1) is 33.8 Å². The van der Waals surface area contributed by atoms with Gasteiger partial charge < -0.3 is 9.47 Å². The van der Waals surface area contributed by atoms with Gasteiger partial charge >= 0.3 is 12.1 Å². The quantitative estimate of drug-likeness (QED) is 0.301. The summed E-state index contributed by atoms with van der Waals surface area (Å²) in [4.78, 5) is 30.2. The number of carbonyl (C=O) groups excluding carboxylic acids is 1. The second kappa shape index (κ2) is 11.4. The Morgan fingerprint density at radius 2 is 1.87 bits per heavy atom. The van der Waals surface area contributed by atoms with Crippen LogP contribution in [0, 0.1) is 0 Å². The van der Waals surface area contributed by atoms with E-state index in [1.54, 1.807) is 19.1 Å². The Kier molecular flexibility index (Phi) is 8.55. The van der Waals surface area contributed by atoms with Crippen molar-refractivity contribution in [3.63, 3.8) is 0 Å². The van der Waals surface area contributed by atoms with Crippen LogP contribution in [0.5, 0.6) is 5.75 Å². The molecule has 0 aliphatic carbocycles. The van der Waals surface area contributed by atoms with Crippen LogP contribution in [0.2, 0.25) is 5.02 Å². The second-order valence-electron chi connectivity index (χ2n) is 7.85. The van der Waals surface area contributed by atoms with Gasteiger partial charge in [0.2, 0.25) is 0 Å². The molecular weight excluding hydrogens is 677 g/mol. The molecule has 13 heteroatoms. The van der Waals surface area contributed by atoms with Crippen molar-refractivity contribution in [3.8, 4) is 5.75 Å². The minimum absolute atomic E-state index is 0.0975. The molecule has 2 aromatic carbocycles. The molecule has 0 unspecified atom stereocenters. The first-order valence-electron chi connectivity index (χ1n) is 11.1. The number of aromatic nitrogens is 1. The summed E-state index contributed by atoms with van der Waals surface area (Å²) in [5, 5.41) is 0.336. The first-order chi connectivity index (χ1) is 18.0. The van der Waals surface area contributed by atoms with Gasteiger partial charge in [0.25, 0.3) is 5.56 Å². The molecule has 0 fully saturated rings. The van der Waals surface area contributed by atoms with Gasteiger partial charge in [0.1, 0.15) is 5.75 Å². The molecule has 38 heavy (non-hydrogen) atoms. The zero-order valence-corrected chi connectivity index (χ0v) is 24.5. The molecule has 6 nitrogen and oxygen atoms in total. The standard InChI is InChI=1S/C25H18Br2ClF3N2O4S/c1-3-36-20-13(9-14(26)11-16(20)27)10-17-22(34)33-19(12-5-7-15(28)8-6-12)18(23(35)37-4-2)21(25(29,30)31)32-24(33)38-17/h5-11,19H,3-4H2,1-2H3/b17-10-/t19-/m1/s1. The number of benzene rings is 2. The normalized spacial score (nSPS) is 15.8. The number of allylic oxidation sites excluding steroid dienone is 1. The molecule has 4 rings (SSSR count). The zero-order valence-electron chi connectivity index (χ0n) is 19.7. The highest BCUT2D eigenvalue weighted by molar-refractivity contribution is 9.11. The minimum Gasteiger partial charge on any atom is -0.492 e. The smallest absolute Gasteiger partial charge is 0.434 e. The van der Waals surface area contributed by atoms with E-state index in [0.717, 1.165) is 15.9 Å². The molecule has 200 valence electrons. The number of thiazole rings is 1. The average Bonchev–Trinajstić information content (AvgIpc) is 3.15. The van der Waals surface area contributed by atoms with E-state index >= 15 is 0 Å². The molecule has 0 bridgehead atoms. The van der Waals surface area contributed by atoms with Crippen LogP contribution in [0.1, 0.15) is 31.0 Å². The first kappa shape index (κ1) is 28.6. The molecule has 1 aromatic heterocycles. The molecule has 0 spiro atoms. The lowest BCUT2D eigenvalue weighted by atomic mass is 9.95. The summed E-state index contributed by atoms with van der Waals surface area (Å²) in [6, 6.07) is 7.90. The third-order valence-corrected chi connectivity index (χ3v) is 7.67. The Hall–Kier alpha value is -2.41. The van der Waals surface area contributed by atoms with Crippen LogP contribution in [0.4, 0.5) is 13.2 Å². The zero-order chi connectivity index (χ0) is 27.8. The van der Waals surface area contributed by atoms with Crippen LogP contribution < -0.4 is 19.6 Å². The van der Waals surface area contributed by atoms with E-state index in [1.165, 1.54) is 37.3 Å². The maximum absolute atomic E-state index is 14.2. The maximum atomic E-state index is 14.2. The summed E-state index contributed by atoms with van der Waals surface area (Å²) in [6.45, 7) is 3.46. The van der Waals surface area contributed by atoms with E-state index in [1.807, 2.05) is 0 Å². The highest BCUT2D eigenvalue weighted by atomic mass is 79.9. The molecule has 3 aromatic rings. The Labute approximate surface area is 240 Å². The highest BCUT2D eigenvalue weighted by Crippen LogP contribution is 2.39. The van der Waals surface area contributed by atoms with Crippen molar-refractivity contribution >= 4 is 66.8 Å².